The molecule has 1 aliphatic rings. The normalized spacial score (nSPS) is 15.8. The van der Waals surface area contributed by atoms with Crippen molar-refractivity contribution in [3.05, 3.63) is 76.3 Å². The average molecular weight is 460 g/mol. The van der Waals surface area contributed by atoms with Crippen LogP contribution in [-0.4, -0.2) is 39.2 Å². The summed E-state index contributed by atoms with van der Waals surface area (Å²) in [6.45, 7) is 3.81. The molecule has 0 spiro atoms. The summed E-state index contributed by atoms with van der Waals surface area (Å²) in [4.78, 5) is 38.7. The quantitative estimate of drug-likeness (QED) is 0.397. The molecule has 3 aromatic rings. The van der Waals surface area contributed by atoms with Gasteiger partial charge >= 0.3 is 5.97 Å². The molecule has 0 radical (unpaired) electrons. The Kier molecular flexibility index (Phi) is 6.33. The zero-order valence-electron chi connectivity index (χ0n) is 18.1. The van der Waals surface area contributed by atoms with Gasteiger partial charge in [0.2, 0.25) is 0 Å². The molecule has 0 aliphatic carbocycles. The number of benzene rings is 2. The van der Waals surface area contributed by atoms with Gasteiger partial charge in [-0.25, -0.2) is 4.79 Å². The highest BCUT2D eigenvalue weighted by Crippen LogP contribution is 2.35. The standard InChI is InChI=1S/C25H21N3O4S/c1-3-32-24(30)16(2)28-23(29)22(33-25(28)31)12-19-15-27(21-11-7-6-10-20(19)21)14-18-9-5-4-8-17(18)13-26/h4-12,15-16H,3,14H2,1-2H3/b22-12+/t16-/m0/s1. The van der Waals surface area contributed by atoms with Gasteiger partial charge in [0, 0.05) is 29.2 Å². The second kappa shape index (κ2) is 9.35. The van der Waals surface area contributed by atoms with E-state index in [1.54, 1.807) is 19.1 Å². The van der Waals surface area contributed by atoms with Gasteiger partial charge in [0.25, 0.3) is 11.1 Å². The Morgan fingerprint density at radius 1 is 1.18 bits per heavy atom. The van der Waals surface area contributed by atoms with Crippen LogP contribution in [0.1, 0.15) is 30.5 Å². The van der Waals surface area contributed by atoms with Crippen LogP contribution in [0.15, 0.2) is 59.6 Å². The van der Waals surface area contributed by atoms with E-state index < -0.39 is 23.2 Å². The lowest BCUT2D eigenvalue weighted by atomic mass is 10.1. The van der Waals surface area contributed by atoms with Crippen LogP contribution in [0.5, 0.6) is 0 Å². The molecule has 0 unspecified atom stereocenters. The van der Waals surface area contributed by atoms with Crippen molar-refractivity contribution in [2.75, 3.05) is 6.61 Å². The smallest absolute Gasteiger partial charge is 0.329 e. The van der Waals surface area contributed by atoms with Crippen LogP contribution in [-0.2, 0) is 20.9 Å². The minimum atomic E-state index is -0.993. The second-order valence-corrected chi connectivity index (χ2v) is 8.47. The Labute approximate surface area is 195 Å². The van der Waals surface area contributed by atoms with E-state index in [1.807, 2.05) is 53.2 Å². The van der Waals surface area contributed by atoms with Crippen molar-refractivity contribution < 1.29 is 19.1 Å². The van der Waals surface area contributed by atoms with Gasteiger partial charge in [-0.15, -0.1) is 0 Å². The fourth-order valence-corrected chi connectivity index (χ4v) is 4.69. The first-order valence-corrected chi connectivity index (χ1v) is 11.3. The molecule has 0 saturated carbocycles. The van der Waals surface area contributed by atoms with E-state index in [0.29, 0.717) is 12.1 Å². The number of imide groups is 1. The van der Waals surface area contributed by atoms with Gasteiger partial charge in [0.05, 0.1) is 23.1 Å². The van der Waals surface area contributed by atoms with Crippen LogP contribution in [0.25, 0.3) is 17.0 Å². The van der Waals surface area contributed by atoms with E-state index in [-0.39, 0.29) is 11.5 Å². The summed E-state index contributed by atoms with van der Waals surface area (Å²) < 4.78 is 6.98. The van der Waals surface area contributed by atoms with Gasteiger partial charge in [0.1, 0.15) is 6.04 Å². The molecule has 1 atom stereocenters. The lowest BCUT2D eigenvalue weighted by Crippen LogP contribution is -2.42. The van der Waals surface area contributed by atoms with Gasteiger partial charge in [0.15, 0.2) is 0 Å². The maximum atomic E-state index is 13.0. The number of ether oxygens (including phenoxy) is 1. The second-order valence-electron chi connectivity index (χ2n) is 7.48. The van der Waals surface area contributed by atoms with Crippen LogP contribution >= 0.6 is 11.8 Å². The average Bonchev–Trinajstić information content (AvgIpc) is 3.30. The minimum Gasteiger partial charge on any atom is -0.464 e. The molecule has 0 bridgehead atoms. The Bertz CT molecular complexity index is 1330. The summed E-state index contributed by atoms with van der Waals surface area (Å²) in [5.74, 6) is -1.13. The number of nitrogens with zero attached hydrogens (tertiary/aromatic N) is 3. The Morgan fingerprint density at radius 2 is 1.91 bits per heavy atom. The summed E-state index contributed by atoms with van der Waals surface area (Å²) in [6.07, 6.45) is 3.58. The maximum absolute atomic E-state index is 13.0. The molecule has 2 amide bonds. The molecule has 4 rings (SSSR count). The molecule has 7 nitrogen and oxygen atoms in total. The number of carbonyl (C=O) groups is 3. The first-order chi connectivity index (χ1) is 15.9. The zero-order chi connectivity index (χ0) is 23.5. The van der Waals surface area contributed by atoms with Gasteiger partial charge in [-0.3, -0.25) is 14.5 Å². The predicted molar refractivity (Wildman–Crippen MR) is 126 cm³/mol. The van der Waals surface area contributed by atoms with Gasteiger partial charge in [-0.05, 0) is 49.4 Å². The summed E-state index contributed by atoms with van der Waals surface area (Å²) >= 11 is 0.807. The molecular weight excluding hydrogens is 438 g/mol. The third-order valence-electron chi connectivity index (χ3n) is 5.42. The fraction of sp³-hybridized carbons (Fsp3) is 0.200. The number of nitriles is 1. The third kappa shape index (κ3) is 4.28. The number of amides is 2. The van der Waals surface area contributed by atoms with Gasteiger partial charge in [-0.2, -0.15) is 5.26 Å². The molecular formula is C25H21N3O4S. The summed E-state index contributed by atoms with van der Waals surface area (Å²) in [5, 5.41) is 9.84. The molecule has 1 saturated heterocycles. The lowest BCUT2D eigenvalue weighted by molar-refractivity contribution is -0.150. The number of hydrogen-bond acceptors (Lipinski definition) is 6. The molecule has 33 heavy (non-hydrogen) atoms. The molecule has 1 aliphatic heterocycles. The number of hydrogen-bond donors (Lipinski definition) is 0. The van der Waals surface area contributed by atoms with E-state index in [4.69, 9.17) is 4.74 Å². The SMILES string of the molecule is CCOC(=O)[C@H](C)N1C(=O)S/C(=C/c2cn(Cc3ccccc3C#N)c3ccccc23)C1=O. The first kappa shape index (κ1) is 22.4. The highest BCUT2D eigenvalue weighted by molar-refractivity contribution is 8.18. The maximum Gasteiger partial charge on any atom is 0.329 e. The molecule has 166 valence electrons. The van der Waals surface area contributed by atoms with Crippen LogP contribution < -0.4 is 0 Å². The van der Waals surface area contributed by atoms with Crippen molar-refractivity contribution in [2.24, 2.45) is 0 Å². The number of carbonyl (C=O) groups excluding carboxylic acids is 3. The molecule has 0 N–H and O–H groups in total. The van der Waals surface area contributed by atoms with Crippen molar-refractivity contribution in [3.63, 3.8) is 0 Å². The lowest BCUT2D eigenvalue weighted by Gasteiger charge is -2.19. The van der Waals surface area contributed by atoms with Crippen molar-refractivity contribution in [1.29, 1.82) is 5.26 Å². The molecule has 1 fully saturated rings. The van der Waals surface area contributed by atoms with E-state index >= 15 is 0 Å². The zero-order valence-corrected chi connectivity index (χ0v) is 19.0. The number of para-hydroxylation sites is 1. The van der Waals surface area contributed by atoms with Crippen molar-refractivity contribution >= 4 is 45.9 Å². The summed E-state index contributed by atoms with van der Waals surface area (Å²) in [6, 6.07) is 16.4. The highest BCUT2D eigenvalue weighted by atomic mass is 32.2. The molecule has 2 aromatic carbocycles. The molecule has 8 heteroatoms. The Morgan fingerprint density at radius 3 is 2.67 bits per heavy atom. The molecule has 2 heterocycles. The highest BCUT2D eigenvalue weighted by Gasteiger charge is 2.41. The van der Waals surface area contributed by atoms with Crippen molar-refractivity contribution in [2.45, 2.75) is 26.4 Å². The van der Waals surface area contributed by atoms with Crippen LogP contribution in [0.4, 0.5) is 4.79 Å². The number of thioether (sulfide) groups is 1. The van der Waals surface area contributed by atoms with Crippen LogP contribution in [0.2, 0.25) is 0 Å². The number of fused-ring (bicyclic) bond motifs is 1. The Balaban J connectivity index is 1.70. The van der Waals surface area contributed by atoms with E-state index in [9.17, 15) is 19.6 Å². The van der Waals surface area contributed by atoms with Crippen LogP contribution in [0.3, 0.4) is 0 Å². The van der Waals surface area contributed by atoms with E-state index in [1.165, 1.54) is 6.92 Å². The third-order valence-corrected chi connectivity index (χ3v) is 6.31. The number of rotatable bonds is 6. The fourth-order valence-electron chi connectivity index (χ4n) is 3.80. The topological polar surface area (TPSA) is 92.4 Å². The Hall–Kier alpha value is -3.83. The van der Waals surface area contributed by atoms with E-state index in [0.717, 1.165) is 38.7 Å². The molecule has 1 aromatic heterocycles. The first-order valence-electron chi connectivity index (χ1n) is 10.4. The summed E-state index contributed by atoms with van der Waals surface area (Å²) in [5.41, 5.74) is 3.20. The monoisotopic (exact) mass is 459 g/mol. The van der Waals surface area contributed by atoms with Crippen molar-refractivity contribution in [1.82, 2.24) is 9.47 Å². The largest absolute Gasteiger partial charge is 0.464 e. The van der Waals surface area contributed by atoms with Crippen molar-refractivity contribution in [3.8, 4) is 6.07 Å². The minimum absolute atomic E-state index is 0.170. The number of aromatic nitrogens is 1. The summed E-state index contributed by atoms with van der Waals surface area (Å²) in [7, 11) is 0. The van der Waals surface area contributed by atoms with Gasteiger partial charge < -0.3 is 9.30 Å². The van der Waals surface area contributed by atoms with Gasteiger partial charge in [-0.1, -0.05) is 36.4 Å². The van der Waals surface area contributed by atoms with Crippen LogP contribution in [0, 0.1) is 11.3 Å². The number of esters is 1. The predicted octanol–water partition coefficient (Wildman–Crippen LogP) is 4.55. The van der Waals surface area contributed by atoms with E-state index in [2.05, 4.69) is 6.07 Å².